The van der Waals surface area contributed by atoms with Crippen LogP contribution in [0, 0.1) is 0 Å². The van der Waals surface area contributed by atoms with Gasteiger partial charge in [0.2, 0.25) is 0 Å². The first-order chi connectivity index (χ1) is 9.88. The number of hydrogen-bond acceptors (Lipinski definition) is 3. The molecule has 1 rings (SSSR count). The van der Waals surface area contributed by atoms with Crippen molar-refractivity contribution >= 4 is 0 Å². The van der Waals surface area contributed by atoms with Crippen LogP contribution in [0.4, 0.5) is 0 Å². The fourth-order valence-electron chi connectivity index (χ4n) is 2.95. The van der Waals surface area contributed by atoms with Gasteiger partial charge in [-0.1, -0.05) is 64.7 Å². The summed E-state index contributed by atoms with van der Waals surface area (Å²) in [6, 6.07) is 0.238. The molecule has 1 aliphatic rings. The average molecular weight is 285 g/mol. The summed E-state index contributed by atoms with van der Waals surface area (Å²) in [4.78, 5) is 2.40. The average Bonchev–Trinajstić information content (AvgIpc) is 2.49. The Morgan fingerprint density at radius 2 is 1.55 bits per heavy atom. The summed E-state index contributed by atoms with van der Waals surface area (Å²) in [5, 5.41) is 9.30. The first-order valence-electron chi connectivity index (χ1n) is 8.81. The van der Waals surface area contributed by atoms with Crippen LogP contribution in [0.1, 0.15) is 71.1 Å². The van der Waals surface area contributed by atoms with Crippen LogP contribution in [0.3, 0.4) is 0 Å². The normalized spacial score (nSPS) is 20.4. The van der Waals surface area contributed by atoms with Crippen LogP contribution in [0.15, 0.2) is 0 Å². The SMILES string of the molecule is CCCCCCCCCCCCN1CCOCC1CO. The van der Waals surface area contributed by atoms with E-state index in [0.29, 0.717) is 6.61 Å². The molecule has 0 bridgehead atoms. The van der Waals surface area contributed by atoms with E-state index in [0.717, 1.165) is 19.7 Å². The monoisotopic (exact) mass is 285 g/mol. The zero-order chi connectivity index (χ0) is 14.5. The smallest absolute Gasteiger partial charge is 0.0644 e. The number of hydrogen-bond donors (Lipinski definition) is 1. The first-order valence-corrected chi connectivity index (χ1v) is 8.81. The molecule has 1 saturated heterocycles. The van der Waals surface area contributed by atoms with Crippen molar-refractivity contribution < 1.29 is 9.84 Å². The molecule has 1 heterocycles. The molecule has 0 aromatic rings. The van der Waals surface area contributed by atoms with Crippen LogP contribution in [-0.2, 0) is 4.74 Å². The van der Waals surface area contributed by atoms with E-state index in [4.69, 9.17) is 4.74 Å². The Bertz CT molecular complexity index is 211. The van der Waals surface area contributed by atoms with Crippen molar-refractivity contribution in [3.8, 4) is 0 Å². The third kappa shape index (κ3) is 8.23. The predicted octanol–water partition coefficient (Wildman–Crippen LogP) is 3.60. The zero-order valence-corrected chi connectivity index (χ0v) is 13.5. The van der Waals surface area contributed by atoms with Gasteiger partial charge in [0.05, 0.1) is 25.9 Å². The lowest BCUT2D eigenvalue weighted by Gasteiger charge is -2.34. The summed E-state index contributed by atoms with van der Waals surface area (Å²) in [6.45, 7) is 6.16. The summed E-state index contributed by atoms with van der Waals surface area (Å²) in [5.74, 6) is 0. The zero-order valence-electron chi connectivity index (χ0n) is 13.5. The maximum Gasteiger partial charge on any atom is 0.0644 e. The van der Waals surface area contributed by atoms with Gasteiger partial charge < -0.3 is 9.84 Å². The molecule has 0 aromatic carbocycles. The van der Waals surface area contributed by atoms with Crippen molar-refractivity contribution in [2.24, 2.45) is 0 Å². The van der Waals surface area contributed by atoms with E-state index < -0.39 is 0 Å². The van der Waals surface area contributed by atoms with Gasteiger partial charge in [-0.3, -0.25) is 4.90 Å². The minimum atomic E-state index is 0.234. The Morgan fingerprint density at radius 3 is 2.15 bits per heavy atom. The van der Waals surface area contributed by atoms with E-state index in [1.165, 1.54) is 64.2 Å². The van der Waals surface area contributed by atoms with Crippen LogP contribution >= 0.6 is 0 Å². The molecule has 1 unspecified atom stereocenters. The first kappa shape index (κ1) is 17.9. The van der Waals surface area contributed by atoms with E-state index in [2.05, 4.69) is 11.8 Å². The fourth-order valence-corrected chi connectivity index (χ4v) is 2.95. The number of aliphatic hydroxyl groups is 1. The minimum absolute atomic E-state index is 0.234. The van der Waals surface area contributed by atoms with Gasteiger partial charge in [-0.25, -0.2) is 0 Å². The number of ether oxygens (including phenoxy) is 1. The van der Waals surface area contributed by atoms with Gasteiger partial charge in [-0.15, -0.1) is 0 Å². The van der Waals surface area contributed by atoms with Gasteiger partial charge in [0.25, 0.3) is 0 Å². The van der Waals surface area contributed by atoms with Gasteiger partial charge in [-0.2, -0.15) is 0 Å². The predicted molar refractivity (Wildman–Crippen MR) is 85.1 cm³/mol. The lowest BCUT2D eigenvalue weighted by molar-refractivity contribution is -0.0278. The number of nitrogens with zero attached hydrogens (tertiary/aromatic N) is 1. The standard InChI is InChI=1S/C17H35NO2/c1-2-3-4-5-6-7-8-9-10-11-12-18-13-14-20-16-17(18)15-19/h17,19H,2-16H2,1H3. The van der Waals surface area contributed by atoms with E-state index in [-0.39, 0.29) is 12.6 Å². The molecule has 3 heteroatoms. The van der Waals surface area contributed by atoms with Crippen molar-refractivity contribution in [2.75, 3.05) is 32.9 Å². The summed E-state index contributed by atoms with van der Waals surface area (Å²) < 4.78 is 5.40. The van der Waals surface area contributed by atoms with Gasteiger partial charge in [-0.05, 0) is 13.0 Å². The Balaban J connectivity index is 1.86. The fraction of sp³-hybridized carbons (Fsp3) is 1.00. The number of unbranched alkanes of at least 4 members (excludes halogenated alkanes) is 9. The third-order valence-electron chi connectivity index (χ3n) is 4.36. The molecule has 1 fully saturated rings. The molecule has 0 aromatic heterocycles. The topological polar surface area (TPSA) is 32.7 Å². The summed E-state index contributed by atoms with van der Waals surface area (Å²) in [5.41, 5.74) is 0. The maximum absolute atomic E-state index is 9.30. The lowest BCUT2D eigenvalue weighted by Crippen LogP contribution is -2.47. The molecule has 0 spiro atoms. The van der Waals surface area contributed by atoms with Crippen LogP contribution in [0.5, 0.6) is 0 Å². The summed E-state index contributed by atoms with van der Waals surface area (Å²) >= 11 is 0. The van der Waals surface area contributed by atoms with Gasteiger partial charge in [0.1, 0.15) is 0 Å². The maximum atomic E-state index is 9.30. The highest BCUT2D eigenvalue weighted by atomic mass is 16.5. The Hall–Kier alpha value is -0.120. The van der Waals surface area contributed by atoms with E-state index in [1.807, 2.05) is 0 Å². The highest BCUT2D eigenvalue weighted by molar-refractivity contribution is 4.74. The van der Waals surface area contributed by atoms with Crippen molar-refractivity contribution in [3.63, 3.8) is 0 Å². The van der Waals surface area contributed by atoms with Crippen LogP contribution in [0.2, 0.25) is 0 Å². The molecule has 0 amide bonds. The molecule has 3 nitrogen and oxygen atoms in total. The molecule has 1 N–H and O–H groups in total. The molecule has 0 aliphatic carbocycles. The van der Waals surface area contributed by atoms with Gasteiger partial charge in [0.15, 0.2) is 0 Å². The third-order valence-corrected chi connectivity index (χ3v) is 4.36. The van der Waals surface area contributed by atoms with Crippen molar-refractivity contribution in [3.05, 3.63) is 0 Å². The molecule has 0 radical (unpaired) electrons. The second-order valence-electron chi connectivity index (χ2n) is 6.13. The highest BCUT2D eigenvalue weighted by Crippen LogP contribution is 2.12. The van der Waals surface area contributed by atoms with Gasteiger partial charge >= 0.3 is 0 Å². The summed E-state index contributed by atoms with van der Waals surface area (Å²) in [7, 11) is 0. The molecule has 1 aliphatic heterocycles. The minimum Gasteiger partial charge on any atom is -0.395 e. The molecule has 20 heavy (non-hydrogen) atoms. The van der Waals surface area contributed by atoms with E-state index in [1.54, 1.807) is 0 Å². The molecular formula is C17H35NO2. The van der Waals surface area contributed by atoms with Crippen LogP contribution < -0.4 is 0 Å². The number of rotatable bonds is 12. The summed E-state index contributed by atoms with van der Waals surface area (Å²) in [6.07, 6.45) is 13.8. The lowest BCUT2D eigenvalue weighted by atomic mass is 10.1. The van der Waals surface area contributed by atoms with Gasteiger partial charge in [0, 0.05) is 6.54 Å². The molecular weight excluding hydrogens is 250 g/mol. The second kappa shape index (κ2) is 12.6. The Labute approximate surface area is 125 Å². The number of aliphatic hydroxyl groups excluding tert-OH is 1. The van der Waals surface area contributed by atoms with E-state index >= 15 is 0 Å². The van der Waals surface area contributed by atoms with Crippen LogP contribution in [0.25, 0.3) is 0 Å². The largest absolute Gasteiger partial charge is 0.395 e. The van der Waals surface area contributed by atoms with Crippen molar-refractivity contribution in [1.29, 1.82) is 0 Å². The second-order valence-corrected chi connectivity index (χ2v) is 6.13. The molecule has 1 atom stereocenters. The number of morpholine rings is 1. The Kier molecular flexibility index (Phi) is 11.3. The molecule has 0 saturated carbocycles. The van der Waals surface area contributed by atoms with E-state index in [9.17, 15) is 5.11 Å². The quantitative estimate of drug-likeness (QED) is 0.556. The Morgan fingerprint density at radius 1 is 0.950 bits per heavy atom. The van der Waals surface area contributed by atoms with Crippen LogP contribution in [-0.4, -0.2) is 49.0 Å². The highest BCUT2D eigenvalue weighted by Gasteiger charge is 2.21. The van der Waals surface area contributed by atoms with Crippen molar-refractivity contribution in [2.45, 2.75) is 77.2 Å². The molecule has 120 valence electrons. The van der Waals surface area contributed by atoms with Crippen molar-refractivity contribution in [1.82, 2.24) is 4.90 Å².